The molecule has 0 aliphatic carbocycles. The lowest BCUT2D eigenvalue weighted by Gasteiger charge is -2.36. The second kappa shape index (κ2) is 10.1. The molecule has 1 fully saturated rings. The van der Waals surface area contributed by atoms with Gasteiger partial charge in [-0.15, -0.1) is 0 Å². The molecule has 2 heterocycles. The number of nitrogens with zero attached hydrogens (tertiary/aromatic N) is 4. The molecule has 1 saturated heterocycles. The van der Waals surface area contributed by atoms with E-state index in [-0.39, 0.29) is 5.91 Å². The molecular formula is C22H31N5O2. The maximum absolute atomic E-state index is 12.3. The van der Waals surface area contributed by atoms with E-state index in [1.165, 1.54) is 5.69 Å². The zero-order valence-electron chi connectivity index (χ0n) is 17.6. The molecule has 7 heteroatoms. The number of aromatic nitrogens is 1. The molecule has 0 bridgehead atoms. The molecule has 29 heavy (non-hydrogen) atoms. The third-order valence-electron chi connectivity index (χ3n) is 5.22. The van der Waals surface area contributed by atoms with Crippen molar-refractivity contribution in [2.75, 3.05) is 70.7 Å². The van der Waals surface area contributed by atoms with Gasteiger partial charge in [0.2, 0.25) is 0 Å². The lowest BCUT2D eigenvalue weighted by atomic mass is 10.2. The van der Waals surface area contributed by atoms with Gasteiger partial charge in [0, 0.05) is 59.2 Å². The number of carbonyl (C=O) groups excluding carboxylic acids is 1. The maximum atomic E-state index is 12.3. The highest BCUT2D eigenvalue weighted by Crippen LogP contribution is 2.28. The molecule has 1 aliphatic rings. The second-order valence-electron chi connectivity index (χ2n) is 7.40. The van der Waals surface area contributed by atoms with Crippen LogP contribution in [0, 0.1) is 0 Å². The number of pyridine rings is 1. The number of rotatable bonds is 8. The molecule has 156 valence electrons. The molecule has 1 aliphatic heterocycles. The van der Waals surface area contributed by atoms with Crippen LogP contribution in [0.3, 0.4) is 0 Å². The van der Waals surface area contributed by atoms with Crippen LogP contribution in [0.5, 0.6) is 5.75 Å². The molecule has 0 saturated carbocycles. The average molecular weight is 398 g/mol. The molecule has 2 aromatic rings. The summed E-state index contributed by atoms with van der Waals surface area (Å²) in [7, 11) is 5.23. The lowest BCUT2D eigenvalue weighted by molar-refractivity contribution is 0.0828. The first-order chi connectivity index (χ1) is 14.1. The van der Waals surface area contributed by atoms with Crippen LogP contribution in [0.1, 0.15) is 16.8 Å². The average Bonchev–Trinajstić information content (AvgIpc) is 2.77. The first kappa shape index (κ1) is 20.9. The second-order valence-corrected chi connectivity index (χ2v) is 7.40. The highest BCUT2D eigenvalue weighted by Gasteiger charge is 2.19. The number of hydrogen-bond acceptors (Lipinski definition) is 6. The zero-order valence-corrected chi connectivity index (χ0v) is 17.6. The first-order valence-electron chi connectivity index (χ1n) is 10.1. The number of anilines is 2. The number of benzene rings is 1. The van der Waals surface area contributed by atoms with Gasteiger partial charge in [0.05, 0.1) is 24.0 Å². The third-order valence-corrected chi connectivity index (χ3v) is 5.22. The van der Waals surface area contributed by atoms with Crippen LogP contribution in [0.2, 0.25) is 0 Å². The van der Waals surface area contributed by atoms with Gasteiger partial charge in [-0.2, -0.15) is 0 Å². The minimum atomic E-state index is -0.0342. The van der Waals surface area contributed by atoms with Gasteiger partial charge in [-0.1, -0.05) is 12.1 Å². The van der Waals surface area contributed by atoms with Gasteiger partial charge in [0.1, 0.15) is 5.75 Å². The molecular weight excluding hydrogens is 366 g/mol. The topological polar surface area (TPSA) is 60.9 Å². The number of para-hydroxylation sites is 2. The molecule has 7 nitrogen and oxygen atoms in total. The van der Waals surface area contributed by atoms with E-state index in [0.29, 0.717) is 5.56 Å². The van der Waals surface area contributed by atoms with Crippen molar-refractivity contribution in [3.63, 3.8) is 0 Å². The normalized spacial score (nSPS) is 14.5. The highest BCUT2D eigenvalue weighted by molar-refractivity contribution is 5.98. The van der Waals surface area contributed by atoms with Crippen molar-refractivity contribution in [1.29, 1.82) is 0 Å². The van der Waals surface area contributed by atoms with Crippen LogP contribution in [0.4, 0.5) is 11.4 Å². The van der Waals surface area contributed by atoms with Gasteiger partial charge in [-0.3, -0.25) is 14.7 Å². The highest BCUT2D eigenvalue weighted by atomic mass is 16.5. The third kappa shape index (κ3) is 5.38. The molecule has 0 spiro atoms. The SMILES string of the molecule is COc1ccccc1N1CCN(CCCNc2ccncc2C(=O)N(C)C)CC1. The van der Waals surface area contributed by atoms with E-state index in [9.17, 15) is 4.79 Å². The summed E-state index contributed by atoms with van der Waals surface area (Å²) in [4.78, 5) is 22.8. The van der Waals surface area contributed by atoms with Crippen LogP contribution in [0.15, 0.2) is 42.7 Å². The predicted octanol–water partition coefficient (Wildman–Crippen LogP) is 2.42. The largest absolute Gasteiger partial charge is 0.495 e. The summed E-state index contributed by atoms with van der Waals surface area (Å²) in [5.74, 6) is 0.902. The van der Waals surface area contributed by atoms with E-state index in [1.54, 1.807) is 38.5 Å². The fraction of sp³-hybridized carbons (Fsp3) is 0.455. The van der Waals surface area contributed by atoms with Gasteiger partial charge in [0.15, 0.2) is 0 Å². The molecule has 1 N–H and O–H groups in total. The van der Waals surface area contributed by atoms with E-state index >= 15 is 0 Å². The Hall–Kier alpha value is -2.80. The van der Waals surface area contributed by atoms with Gasteiger partial charge in [0.25, 0.3) is 5.91 Å². The van der Waals surface area contributed by atoms with Crippen LogP contribution in [0.25, 0.3) is 0 Å². The monoisotopic (exact) mass is 397 g/mol. The minimum absolute atomic E-state index is 0.0342. The molecule has 1 amide bonds. The summed E-state index contributed by atoms with van der Waals surface area (Å²) < 4.78 is 5.49. The minimum Gasteiger partial charge on any atom is -0.495 e. The van der Waals surface area contributed by atoms with Crippen molar-refractivity contribution in [1.82, 2.24) is 14.8 Å². The Morgan fingerprint density at radius 3 is 2.66 bits per heavy atom. The molecule has 3 rings (SSSR count). The van der Waals surface area contributed by atoms with E-state index < -0.39 is 0 Å². The van der Waals surface area contributed by atoms with Gasteiger partial charge < -0.3 is 19.9 Å². The Morgan fingerprint density at radius 1 is 1.17 bits per heavy atom. The van der Waals surface area contributed by atoms with Crippen molar-refractivity contribution >= 4 is 17.3 Å². The summed E-state index contributed by atoms with van der Waals surface area (Å²) >= 11 is 0. The number of piperazine rings is 1. The van der Waals surface area contributed by atoms with Crippen molar-refractivity contribution in [3.8, 4) is 5.75 Å². The van der Waals surface area contributed by atoms with E-state index in [4.69, 9.17) is 4.74 Å². The van der Waals surface area contributed by atoms with Crippen molar-refractivity contribution in [2.24, 2.45) is 0 Å². The van der Waals surface area contributed by atoms with E-state index in [2.05, 4.69) is 32.2 Å². The standard InChI is InChI=1S/C22H31N5O2/c1-25(2)22(28)18-17-23-11-9-19(18)24-10-6-12-26-13-15-27(16-14-26)20-7-4-5-8-21(20)29-3/h4-5,7-9,11,17H,6,10,12-16H2,1-3H3,(H,23,24). The number of amides is 1. The Labute approximate surface area is 173 Å². The summed E-state index contributed by atoms with van der Waals surface area (Å²) in [5, 5.41) is 3.40. The number of ether oxygens (including phenoxy) is 1. The Kier molecular flexibility index (Phi) is 7.30. The smallest absolute Gasteiger partial charge is 0.257 e. The fourth-order valence-corrected chi connectivity index (χ4v) is 3.59. The van der Waals surface area contributed by atoms with E-state index in [1.807, 2.05) is 18.2 Å². The molecule has 1 aromatic carbocycles. The van der Waals surface area contributed by atoms with Crippen LogP contribution in [-0.4, -0.2) is 81.2 Å². The van der Waals surface area contributed by atoms with Gasteiger partial charge >= 0.3 is 0 Å². The number of nitrogens with one attached hydrogen (secondary N) is 1. The number of methoxy groups -OCH3 is 1. The molecule has 0 atom stereocenters. The number of carbonyl (C=O) groups is 1. The summed E-state index contributed by atoms with van der Waals surface area (Å²) in [6, 6.07) is 10.1. The van der Waals surface area contributed by atoms with Crippen molar-refractivity contribution < 1.29 is 9.53 Å². The van der Waals surface area contributed by atoms with Gasteiger partial charge in [-0.25, -0.2) is 0 Å². The summed E-state index contributed by atoms with van der Waals surface area (Å²) in [6.07, 6.45) is 4.36. The lowest BCUT2D eigenvalue weighted by Crippen LogP contribution is -2.47. The zero-order chi connectivity index (χ0) is 20.6. The van der Waals surface area contributed by atoms with Crippen LogP contribution < -0.4 is 15.0 Å². The molecule has 1 aromatic heterocycles. The maximum Gasteiger partial charge on any atom is 0.257 e. The van der Waals surface area contributed by atoms with Crippen LogP contribution in [-0.2, 0) is 0 Å². The van der Waals surface area contributed by atoms with Gasteiger partial charge in [-0.05, 0) is 31.2 Å². The fourth-order valence-electron chi connectivity index (χ4n) is 3.59. The Morgan fingerprint density at radius 2 is 1.93 bits per heavy atom. The Balaban J connectivity index is 1.44. The summed E-state index contributed by atoms with van der Waals surface area (Å²) in [5.41, 5.74) is 2.63. The Bertz CT molecular complexity index is 803. The summed E-state index contributed by atoms with van der Waals surface area (Å²) in [6.45, 7) is 5.94. The van der Waals surface area contributed by atoms with Crippen molar-refractivity contribution in [3.05, 3.63) is 48.3 Å². The van der Waals surface area contributed by atoms with Crippen LogP contribution >= 0.6 is 0 Å². The first-order valence-corrected chi connectivity index (χ1v) is 10.1. The van der Waals surface area contributed by atoms with Crippen molar-refractivity contribution in [2.45, 2.75) is 6.42 Å². The van der Waals surface area contributed by atoms with E-state index in [0.717, 1.165) is 57.1 Å². The predicted molar refractivity (Wildman–Crippen MR) is 117 cm³/mol. The molecule has 0 radical (unpaired) electrons. The molecule has 0 unspecified atom stereocenters. The number of hydrogen-bond donors (Lipinski definition) is 1. The quantitative estimate of drug-likeness (QED) is 0.691.